The van der Waals surface area contributed by atoms with Crippen LogP contribution in [-0.2, 0) is 16.1 Å². The highest BCUT2D eigenvalue weighted by molar-refractivity contribution is 7.17. The molecule has 7 heteroatoms. The number of fused-ring (bicyclic) bond motifs is 1. The van der Waals surface area contributed by atoms with Crippen LogP contribution in [0.4, 0.5) is 0 Å². The maximum absolute atomic E-state index is 12.4. The molecule has 0 amide bonds. The topological polar surface area (TPSA) is 61.2 Å². The third-order valence-electron chi connectivity index (χ3n) is 3.21. The van der Waals surface area contributed by atoms with Gasteiger partial charge in [0.1, 0.15) is 11.2 Å². The molecule has 0 saturated carbocycles. The van der Waals surface area contributed by atoms with Crippen LogP contribution in [0.3, 0.4) is 0 Å². The fourth-order valence-corrected chi connectivity index (χ4v) is 3.29. The Balaban J connectivity index is 2.12. The third-order valence-corrected chi connectivity index (χ3v) is 4.40. The predicted molar refractivity (Wildman–Crippen MR) is 86.3 cm³/mol. The first-order valence-corrected chi connectivity index (χ1v) is 7.65. The number of aromatic nitrogens is 2. The maximum Gasteiger partial charge on any atom is 0.325 e. The third kappa shape index (κ3) is 2.63. The van der Waals surface area contributed by atoms with Gasteiger partial charge in [-0.2, -0.15) is 0 Å². The van der Waals surface area contributed by atoms with Crippen molar-refractivity contribution in [3.63, 3.8) is 0 Å². The van der Waals surface area contributed by atoms with Crippen molar-refractivity contribution in [1.29, 1.82) is 0 Å². The number of thiophene rings is 1. The Labute approximate surface area is 134 Å². The molecular formula is C15H11ClN2O3S. The van der Waals surface area contributed by atoms with Crippen LogP contribution in [0.2, 0.25) is 5.02 Å². The second kappa shape index (κ2) is 5.90. The molecule has 0 fully saturated rings. The van der Waals surface area contributed by atoms with Crippen LogP contribution in [0.25, 0.3) is 21.3 Å². The Kier molecular flexibility index (Phi) is 3.96. The number of nitrogens with zero attached hydrogens (tertiary/aromatic N) is 2. The van der Waals surface area contributed by atoms with Gasteiger partial charge >= 0.3 is 5.97 Å². The van der Waals surface area contributed by atoms with Crippen molar-refractivity contribution >= 4 is 39.1 Å². The summed E-state index contributed by atoms with van der Waals surface area (Å²) in [5.74, 6) is -0.491. The highest BCUT2D eigenvalue weighted by Gasteiger charge is 2.14. The highest BCUT2D eigenvalue weighted by Crippen LogP contribution is 2.31. The van der Waals surface area contributed by atoms with Crippen LogP contribution < -0.4 is 5.56 Å². The van der Waals surface area contributed by atoms with Gasteiger partial charge in [-0.05, 0) is 17.7 Å². The summed E-state index contributed by atoms with van der Waals surface area (Å²) in [6.07, 6.45) is 1.36. The van der Waals surface area contributed by atoms with Crippen molar-refractivity contribution in [2.45, 2.75) is 6.54 Å². The Hall–Kier alpha value is -2.18. The van der Waals surface area contributed by atoms with Crippen molar-refractivity contribution in [3.05, 3.63) is 51.3 Å². The number of benzene rings is 1. The minimum absolute atomic E-state index is 0.150. The van der Waals surface area contributed by atoms with E-state index < -0.39 is 5.97 Å². The van der Waals surface area contributed by atoms with Gasteiger partial charge in [-0.15, -0.1) is 11.3 Å². The molecule has 0 aliphatic heterocycles. The lowest BCUT2D eigenvalue weighted by atomic mass is 10.1. The maximum atomic E-state index is 12.4. The van der Waals surface area contributed by atoms with E-state index in [1.807, 2.05) is 23.6 Å². The molecule has 0 spiro atoms. The second-order valence-electron chi connectivity index (χ2n) is 4.59. The number of esters is 1. The zero-order valence-electron chi connectivity index (χ0n) is 11.6. The summed E-state index contributed by atoms with van der Waals surface area (Å²) in [7, 11) is 1.28. The summed E-state index contributed by atoms with van der Waals surface area (Å²) in [5, 5.41) is 2.49. The first kappa shape index (κ1) is 14.7. The smallest absolute Gasteiger partial charge is 0.325 e. The summed E-state index contributed by atoms with van der Waals surface area (Å²) in [5.41, 5.74) is 2.10. The fraction of sp³-hybridized carbons (Fsp3) is 0.133. The van der Waals surface area contributed by atoms with Gasteiger partial charge < -0.3 is 4.74 Å². The molecule has 0 aliphatic rings. The molecule has 0 saturated heterocycles. The average molecular weight is 335 g/mol. The van der Waals surface area contributed by atoms with E-state index in [1.165, 1.54) is 29.3 Å². The number of hydrogen-bond acceptors (Lipinski definition) is 5. The summed E-state index contributed by atoms with van der Waals surface area (Å²) in [4.78, 5) is 28.0. The van der Waals surface area contributed by atoms with Crippen molar-refractivity contribution in [3.8, 4) is 11.1 Å². The monoisotopic (exact) mass is 334 g/mol. The van der Waals surface area contributed by atoms with Gasteiger partial charge in [0.05, 0.1) is 19.0 Å². The molecule has 5 nitrogen and oxygen atoms in total. The molecule has 0 atom stereocenters. The molecule has 2 aromatic heterocycles. The number of methoxy groups -OCH3 is 1. The van der Waals surface area contributed by atoms with E-state index in [9.17, 15) is 9.59 Å². The first-order valence-electron chi connectivity index (χ1n) is 6.39. The van der Waals surface area contributed by atoms with E-state index in [4.69, 9.17) is 11.6 Å². The van der Waals surface area contributed by atoms with Gasteiger partial charge in [-0.25, -0.2) is 4.98 Å². The lowest BCUT2D eigenvalue weighted by Crippen LogP contribution is -2.24. The van der Waals surface area contributed by atoms with Crippen LogP contribution >= 0.6 is 22.9 Å². The molecule has 0 bridgehead atoms. The fourth-order valence-electron chi connectivity index (χ4n) is 2.12. The highest BCUT2D eigenvalue weighted by atomic mass is 35.5. The number of ether oxygens (including phenoxy) is 1. The van der Waals surface area contributed by atoms with Gasteiger partial charge in [0.2, 0.25) is 0 Å². The molecule has 22 heavy (non-hydrogen) atoms. The van der Waals surface area contributed by atoms with E-state index in [-0.39, 0.29) is 12.1 Å². The van der Waals surface area contributed by atoms with E-state index in [0.717, 1.165) is 11.1 Å². The Morgan fingerprint density at radius 3 is 3.00 bits per heavy atom. The number of rotatable bonds is 3. The molecular weight excluding hydrogens is 324 g/mol. The van der Waals surface area contributed by atoms with E-state index in [1.54, 1.807) is 6.07 Å². The summed E-state index contributed by atoms with van der Waals surface area (Å²) < 4.78 is 6.31. The zero-order valence-corrected chi connectivity index (χ0v) is 13.1. The number of carbonyl (C=O) groups is 1. The lowest BCUT2D eigenvalue weighted by molar-refractivity contribution is -0.141. The van der Waals surface area contributed by atoms with Gasteiger partial charge in [0, 0.05) is 16.0 Å². The molecule has 3 aromatic rings. The zero-order chi connectivity index (χ0) is 15.7. The number of carbonyl (C=O) groups excluding carboxylic acids is 1. The minimum atomic E-state index is -0.491. The Morgan fingerprint density at radius 1 is 1.45 bits per heavy atom. The average Bonchev–Trinajstić information content (AvgIpc) is 2.94. The molecule has 1 aromatic carbocycles. The summed E-state index contributed by atoms with van der Waals surface area (Å²) >= 11 is 7.31. The molecule has 0 unspecified atom stereocenters. The van der Waals surface area contributed by atoms with Gasteiger partial charge in [-0.3, -0.25) is 14.2 Å². The molecule has 2 heterocycles. The Morgan fingerprint density at radius 2 is 2.27 bits per heavy atom. The molecule has 0 N–H and O–H groups in total. The van der Waals surface area contributed by atoms with Crippen LogP contribution in [0.15, 0.2) is 40.8 Å². The van der Waals surface area contributed by atoms with E-state index >= 15 is 0 Å². The largest absolute Gasteiger partial charge is 0.468 e. The van der Waals surface area contributed by atoms with E-state index in [2.05, 4.69) is 9.72 Å². The van der Waals surface area contributed by atoms with Gasteiger partial charge in [0.25, 0.3) is 5.56 Å². The normalized spacial score (nSPS) is 10.8. The summed E-state index contributed by atoms with van der Waals surface area (Å²) in [6, 6.07) is 7.37. The van der Waals surface area contributed by atoms with Gasteiger partial charge in [-0.1, -0.05) is 23.7 Å². The molecule has 0 radical (unpaired) electrons. The van der Waals surface area contributed by atoms with Crippen LogP contribution in [-0.4, -0.2) is 22.6 Å². The van der Waals surface area contributed by atoms with Crippen LogP contribution in [0, 0.1) is 0 Å². The predicted octanol–water partition coefficient (Wildman–Crippen LogP) is 2.95. The van der Waals surface area contributed by atoms with Crippen LogP contribution in [0.1, 0.15) is 0 Å². The van der Waals surface area contributed by atoms with E-state index in [0.29, 0.717) is 15.2 Å². The number of hydrogen-bond donors (Lipinski definition) is 0. The molecule has 3 rings (SSSR count). The molecule has 112 valence electrons. The van der Waals surface area contributed by atoms with Crippen molar-refractivity contribution in [2.24, 2.45) is 0 Å². The van der Waals surface area contributed by atoms with Crippen molar-refractivity contribution in [1.82, 2.24) is 9.55 Å². The summed E-state index contributed by atoms with van der Waals surface area (Å²) in [6.45, 7) is -0.150. The minimum Gasteiger partial charge on any atom is -0.468 e. The molecule has 0 aliphatic carbocycles. The standard InChI is InChI=1S/C15H11ClN2O3S/c1-21-12(19)6-18-8-17-13-11(7-22-14(13)15(18)20)9-3-2-4-10(16)5-9/h2-5,7-8H,6H2,1H3. The quantitative estimate of drug-likeness (QED) is 0.691. The Bertz CT molecular complexity index is 917. The van der Waals surface area contributed by atoms with Crippen molar-refractivity contribution < 1.29 is 9.53 Å². The van der Waals surface area contributed by atoms with Crippen molar-refractivity contribution in [2.75, 3.05) is 7.11 Å². The SMILES string of the molecule is COC(=O)Cn1cnc2c(-c3cccc(Cl)c3)csc2c1=O. The lowest BCUT2D eigenvalue weighted by Gasteiger charge is -2.04. The van der Waals surface area contributed by atoms with Gasteiger partial charge in [0.15, 0.2) is 0 Å². The first-order chi connectivity index (χ1) is 10.6. The second-order valence-corrected chi connectivity index (χ2v) is 5.91. The van der Waals surface area contributed by atoms with Crippen LogP contribution in [0.5, 0.6) is 0 Å². The number of halogens is 1.